The third-order valence-corrected chi connectivity index (χ3v) is 1.20. The molecule has 0 bridgehead atoms. The van der Waals surface area contributed by atoms with Gasteiger partial charge < -0.3 is 0 Å². The molecule has 0 aliphatic carbocycles. The van der Waals surface area contributed by atoms with E-state index >= 15 is 0 Å². The summed E-state index contributed by atoms with van der Waals surface area (Å²) >= 11 is 0.223. The van der Waals surface area contributed by atoms with Crippen molar-refractivity contribution in [2.75, 3.05) is 0 Å². The van der Waals surface area contributed by atoms with Gasteiger partial charge in [-0.25, -0.2) is 0 Å². The summed E-state index contributed by atoms with van der Waals surface area (Å²) in [6.45, 7) is 0. The first kappa shape index (κ1) is 6.79. The quantitative estimate of drug-likeness (QED) is 0.406. The molecule has 4 heteroatoms. The molecule has 0 fully saturated rings. The molecule has 0 saturated heterocycles. The van der Waals surface area contributed by atoms with E-state index < -0.39 is 9.85 Å². The van der Waals surface area contributed by atoms with E-state index in [0.29, 0.717) is 0 Å². The Morgan fingerprint density at radius 1 is 1.33 bits per heavy atom. The molecule has 0 atom stereocenters. The summed E-state index contributed by atoms with van der Waals surface area (Å²) in [5.41, 5.74) is 0. The number of hydrogen-bond donors (Lipinski definition) is 0. The van der Waals surface area contributed by atoms with Crippen LogP contribution in [-0.2, 0) is 0 Å². The predicted octanol–water partition coefficient (Wildman–Crippen LogP) is 1.14. The fraction of sp³-hybridized carbons (Fsp3) is 1.00. The molecule has 32 valence electrons. The second-order valence-corrected chi connectivity index (χ2v) is 1.68. The first-order chi connectivity index (χ1) is 2.56. The standard InChI is InChI=1S/C2H2F3.Na/c1-2(3,4)5;/h1H2;. The average molecular weight is 106 g/mol. The summed E-state index contributed by atoms with van der Waals surface area (Å²) in [6.07, 6.45) is -3.90. The van der Waals surface area contributed by atoms with Crippen molar-refractivity contribution in [2.45, 2.75) is 9.85 Å². The molecule has 0 radical (unpaired) electrons. The van der Waals surface area contributed by atoms with Crippen LogP contribution in [0.1, 0.15) is 0 Å². The van der Waals surface area contributed by atoms with Gasteiger partial charge in [0, 0.05) is 0 Å². The van der Waals surface area contributed by atoms with Crippen molar-refractivity contribution in [1.29, 1.82) is 0 Å². The van der Waals surface area contributed by atoms with Gasteiger partial charge in [0.2, 0.25) is 0 Å². The van der Waals surface area contributed by atoms with Gasteiger partial charge >= 0.3 is 50.9 Å². The van der Waals surface area contributed by atoms with Crippen molar-refractivity contribution in [1.82, 2.24) is 0 Å². The molecule has 0 amide bonds. The second kappa shape index (κ2) is 2.19. The Balaban J connectivity index is 3.17. The minimum absolute atomic E-state index is 0.223. The van der Waals surface area contributed by atoms with Crippen LogP contribution in [0.4, 0.5) is 13.2 Å². The molecule has 0 aromatic carbocycles. The third kappa shape index (κ3) is 4.79. The van der Waals surface area contributed by atoms with Crippen LogP contribution in [0.2, 0.25) is 3.67 Å². The number of rotatable bonds is 0. The van der Waals surface area contributed by atoms with E-state index in [0.717, 1.165) is 0 Å². The fourth-order valence-electron chi connectivity index (χ4n) is 0. The molecule has 0 aromatic rings. The normalized spacial score (nSPS) is 12.2. The van der Waals surface area contributed by atoms with Gasteiger partial charge in [-0.15, -0.1) is 0 Å². The van der Waals surface area contributed by atoms with Gasteiger partial charge in [-0.2, -0.15) is 0 Å². The first-order valence-electron chi connectivity index (χ1n) is 1.63. The van der Waals surface area contributed by atoms with Crippen LogP contribution < -0.4 is 0 Å². The van der Waals surface area contributed by atoms with Crippen LogP contribution in [0.5, 0.6) is 0 Å². The second-order valence-electron chi connectivity index (χ2n) is 0.969. The van der Waals surface area contributed by atoms with Crippen molar-refractivity contribution in [3.8, 4) is 0 Å². The molecule has 0 saturated carbocycles. The van der Waals surface area contributed by atoms with Crippen molar-refractivity contribution < 1.29 is 13.2 Å². The molecule has 0 unspecified atom stereocenters. The van der Waals surface area contributed by atoms with Gasteiger partial charge in [-0.3, -0.25) is 0 Å². The van der Waals surface area contributed by atoms with E-state index in [-0.39, 0.29) is 27.9 Å². The average Bonchev–Trinajstić information content (AvgIpc) is 1.35. The first-order valence-corrected chi connectivity index (χ1v) is 3.04. The molecule has 0 N–H and O–H groups in total. The number of alkyl halides is 3. The summed E-state index contributed by atoms with van der Waals surface area (Å²) in [7, 11) is 0. The molecule has 0 aromatic heterocycles. The van der Waals surface area contributed by atoms with E-state index in [1.807, 2.05) is 0 Å². The third-order valence-electron chi connectivity index (χ3n) is 0.401. The minimum atomic E-state index is -3.90. The molecular formula is C2H2F3Na. The Kier molecular flexibility index (Phi) is 2.48. The van der Waals surface area contributed by atoms with E-state index in [1.54, 1.807) is 0 Å². The van der Waals surface area contributed by atoms with Gasteiger partial charge in [-0.05, 0) is 0 Å². The van der Waals surface area contributed by atoms with Crippen LogP contribution in [-0.4, -0.2) is 34.1 Å². The zero-order valence-electron chi connectivity index (χ0n) is 3.34. The van der Waals surface area contributed by atoms with Crippen LogP contribution in [0, 0.1) is 0 Å². The van der Waals surface area contributed by atoms with Crippen molar-refractivity contribution >= 4 is 27.9 Å². The van der Waals surface area contributed by atoms with Gasteiger partial charge in [0.05, 0.1) is 0 Å². The summed E-state index contributed by atoms with van der Waals surface area (Å²) in [5, 5.41) is 0. The van der Waals surface area contributed by atoms with Gasteiger partial charge in [-0.1, -0.05) is 0 Å². The fourth-order valence-corrected chi connectivity index (χ4v) is 0. The van der Waals surface area contributed by atoms with Crippen LogP contribution in [0.25, 0.3) is 0 Å². The van der Waals surface area contributed by atoms with Crippen molar-refractivity contribution in [2.24, 2.45) is 0 Å². The Bertz CT molecular complexity index is 38.5. The van der Waals surface area contributed by atoms with E-state index in [2.05, 4.69) is 0 Å². The van der Waals surface area contributed by atoms with Crippen LogP contribution in [0.15, 0.2) is 0 Å². The Morgan fingerprint density at radius 3 is 1.50 bits per heavy atom. The van der Waals surface area contributed by atoms with Crippen molar-refractivity contribution in [3.63, 3.8) is 0 Å². The Hall–Kier alpha value is 0.790. The predicted molar refractivity (Wildman–Crippen MR) is 16.6 cm³/mol. The van der Waals surface area contributed by atoms with Gasteiger partial charge in [0.1, 0.15) is 0 Å². The van der Waals surface area contributed by atoms with E-state index in [4.69, 9.17) is 0 Å². The van der Waals surface area contributed by atoms with Crippen molar-refractivity contribution in [3.05, 3.63) is 0 Å². The Morgan fingerprint density at radius 2 is 1.50 bits per heavy atom. The zero-order chi connectivity index (χ0) is 5.21. The summed E-state index contributed by atoms with van der Waals surface area (Å²) < 4.78 is 31.9. The van der Waals surface area contributed by atoms with E-state index in [9.17, 15) is 13.2 Å². The maximum absolute atomic E-state index is 10.8. The number of hydrogen-bond acceptors (Lipinski definition) is 0. The summed E-state index contributed by atoms with van der Waals surface area (Å²) in [6, 6.07) is 0. The summed E-state index contributed by atoms with van der Waals surface area (Å²) in [4.78, 5) is 0. The van der Waals surface area contributed by atoms with E-state index in [1.165, 1.54) is 0 Å². The van der Waals surface area contributed by atoms with Crippen LogP contribution >= 0.6 is 0 Å². The SMILES string of the molecule is FC(F)(F)[CH2][Na]. The Labute approximate surface area is 51.1 Å². The maximum atomic E-state index is 10.8. The number of halogens is 3. The molecule has 0 spiro atoms. The van der Waals surface area contributed by atoms with Gasteiger partial charge in [0.25, 0.3) is 0 Å². The monoisotopic (exact) mass is 106 g/mol. The zero-order valence-corrected chi connectivity index (χ0v) is 5.34. The molecule has 0 aliphatic heterocycles. The summed E-state index contributed by atoms with van der Waals surface area (Å²) in [5.74, 6) is 0. The van der Waals surface area contributed by atoms with Gasteiger partial charge in [0.15, 0.2) is 0 Å². The molecule has 0 nitrogen and oxygen atoms in total. The molecule has 0 aliphatic rings. The molecule has 0 rings (SSSR count). The molecule has 6 heavy (non-hydrogen) atoms. The topological polar surface area (TPSA) is 0 Å². The van der Waals surface area contributed by atoms with Crippen LogP contribution in [0.3, 0.4) is 0 Å². The molecular weight excluding hydrogens is 104 g/mol. The molecule has 0 heterocycles.